The second-order valence-corrected chi connectivity index (χ2v) is 5.00. The Balaban J connectivity index is 3.40. The summed E-state index contributed by atoms with van der Waals surface area (Å²) in [4.78, 5) is 1.88. The summed E-state index contributed by atoms with van der Waals surface area (Å²) >= 11 is 0. The largest absolute Gasteiger partial charge is 0.417 e. The summed E-state index contributed by atoms with van der Waals surface area (Å²) in [6.07, 6.45) is -3.75. The van der Waals surface area contributed by atoms with Crippen molar-refractivity contribution in [3.05, 3.63) is 29.3 Å². The first-order valence-electron chi connectivity index (χ1n) is 6.68. The summed E-state index contributed by atoms with van der Waals surface area (Å²) in [5.74, 6) is -0.555. The van der Waals surface area contributed by atoms with E-state index in [1.54, 1.807) is 6.07 Å². The molecule has 0 aliphatic heterocycles. The van der Waals surface area contributed by atoms with Crippen LogP contribution in [0.2, 0.25) is 0 Å². The summed E-state index contributed by atoms with van der Waals surface area (Å²) in [5, 5.41) is 11.3. The van der Waals surface area contributed by atoms with E-state index in [9.17, 15) is 13.2 Å². The van der Waals surface area contributed by atoms with E-state index in [2.05, 4.69) is 5.16 Å². The lowest BCUT2D eigenvalue weighted by molar-refractivity contribution is -0.137. The number of hydrogen-bond donors (Lipinski definition) is 2. The fraction of sp³-hybridized carbons (Fsp3) is 0.500. The molecule has 118 valence electrons. The normalized spacial score (nSPS) is 12.8. The fourth-order valence-electron chi connectivity index (χ4n) is 2.15. The Bertz CT molecular complexity index is 513. The molecule has 0 heterocycles. The molecular weight excluding hydrogens is 283 g/mol. The molecule has 21 heavy (non-hydrogen) atoms. The minimum absolute atomic E-state index is 0.0701. The van der Waals surface area contributed by atoms with Gasteiger partial charge in [-0.1, -0.05) is 12.1 Å². The zero-order valence-electron chi connectivity index (χ0n) is 12.3. The summed E-state index contributed by atoms with van der Waals surface area (Å²) in [5.41, 5.74) is 4.56. The van der Waals surface area contributed by atoms with E-state index >= 15 is 0 Å². The molecule has 0 bridgehead atoms. The number of rotatable bonds is 5. The summed E-state index contributed by atoms with van der Waals surface area (Å²) in [6.45, 7) is 6.45. The molecule has 0 saturated carbocycles. The van der Waals surface area contributed by atoms with Crippen molar-refractivity contribution in [1.82, 2.24) is 0 Å². The van der Waals surface area contributed by atoms with Crippen LogP contribution in [-0.4, -0.2) is 23.6 Å². The van der Waals surface area contributed by atoms with Crippen molar-refractivity contribution in [2.75, 3.05) is 11.4 Å². The van der Waals surface area contributed by atoms with Crippen molar-refractivity contribution in [2.24, 2.45) is 10.9 Å². The van der Waals surface area contributed by atoms with Crippen molar-refractivity contribution >= 4 is 11.5 Å². The number of benzene rings is 1. The SMILES string of the molecule is CCCN(c1ccc(/C(N)=N/O)c(C(F)(F)F)c1)C(C)C. The zero-order valence-corrected chi connectivity index (χ0v) is 12.3. The van der Waals surface area contributed by atoms with Crippen molar-refractivity contribution in [3.8, 4) is 0 Å². The molecule has 0 atom stereocenters. The molecule has 1 aromatic rings. The minimum atomic E-state index is -4.57. The molecular formula is C14H20F3N3O. The third kappa shape index (κ3) is 4.03. The van der Waals surface area contributed by atoms with Gasteiger partial charge < -0.3 is 15.8 Å². The molecule has 0 radical (unpaired) electrons. The predicted octanol–water partition coefficient (Wildman–Crippen LogP) is 3.42. The Labute approximate surface area is 122 Å². The number of alkyl halides is 3. The number of nitrogens with two attached hydrogens (primary N) is 1. The number of anilines is 1. The van der Waals surface area contributed by atoms with Gasteiger partial charge in [-0.15, -0.1) is 0 Å². The van der Waals surface area contributed by atoms with Crippen LogP contribution >= 0.6 is 0 Å². The van der Waals surface area contributed by atoms with Crippen LogP contribution in [0, 0.1) is 0 Å². The van der Waals surface area contributed by atoms with Crippen molar-refractivity contribution in [1.29, 1.82) is 0 Å². The fourth-order valence-corrected chi connectivity index (χ4v) is 2.15. The second-order valence-electron chi connectivity index (χ2n) is 5.00. The quantitative estimate of drug-likeness (QED) is 0.379. The Hall–Kier alpha value is -1.92. The molecule has 0 spiro atoms. The van der Waals surface area contributed by atoms with Gasteiger partial charge in [-0.05, 0) is 38.5 Å². The van der Waals surface area contributed by atoms with E-state index < -0.39 is 17.6 Å². The highest BCUT2D eigenvalue weighted by atomic mass is 19.4. The first-order valence-corrected chi connectivity index (χ1v) is 6.68. The second kappa shape index (κ2) is 6.69. The maximum Gasteiger partial charge on any atom is 0.417 e. The minimum Gasteiger partial charge on any atom is -0.409 e. The number of hydrogen-bond acceptors (Lipinski definition) is 3. The highest BCUT2D eigenvalue weighted by Gasteiger charge is 2.35. The molecule has 0 fully saturated rings. The van der Waals surface area contributed by atoms with Gasteiger partial charge in [-0.3, -0.25) is 0 Å². The number of halogens is 3. The van der Waals surface area contributed by atoms with Crippen LogP contribution < -0.4 is 10.6 Å². The predicted molar refractivity (Wildman–Crippen MR) is 76.7 cm³/mol. The lowest BCUT2D eigenvalue weighted by Crippen LogP contribution is -2.32. The van der Waals surface area contributed by atoms with Gasteiger partial charge in [0.05, 0.1) is 5.56 Å². The molecule has 1 aromatic carbocycles. The molecule has 0 aliphatic rings. The molecule has 0 aliphatic carbocycles. The lowest BCUT2D eigenvalue weighted by Gasteiger charge is -2.29. The third-order valence-electron chi connectivity index (χ3n) is 3.11. The van der Waals surface area contributed by atoms with Crippen LogP contribution in [0.1, 0.15) is 38.3 Å². The smallest absolute Gasteiger partial charge is 0.409 e. The van der Waals surface area contributed by atoms with Crippen molar-refractivity contribution in [2.45, 2.75) is 39.4 Å². The number of amidine groups is 1. The lowest BCUT2D eigenvalue weighted by atomic mass is 10.0. The monoisotopic (exact) mass is 303 g/mol. The van der Waals surface area contributed by atoms with E-state index in [0.29, 0.717) is 12.2 Å². The summed E-state index contributed by atoms with van der Waals surface area (Å²) < 4.78 is 39.5. The van der Waals surface area contributed by atoms with Crippen molar-refractivity contribution < 1.29 is 18.4 Å². The van der Waals surface area contributed by atoms with Gasteiger partial charge >= 0.3 is 6.18 Å². The van der Waals surface area contributed by atoms with Gasteiger partial charge in [0.15, 0.2) is 5.84 Å². The number of oxime groups is 1. The molecule has 3 N–H and O–H groups in total. The molecule has 4 nitrogen and oxygen atoms in total. The van der Waals surface area contributed by atoms with Crippen molar-refractivity contribution in [3.63, 3.8) is 0 Å². The van der Waals surface area contributed by atoms with Crippen LogP contribution in [-0.2, 0) is 6.18 Å². The standard InChI is InChI=1S/C14H20F3N3O/c1-4-7-20(9(2)3)10-5-6-11(13(18)19-21)12(8-10)14(15,16)17/h5-6,8-9,21H,4,7H2,1-3H3,(H2,18,19). The topological polar surface area (TPSA) is 61.8 Å². The molecule has 0 unspecified atom stereocenters. The van der Waals surface area contributed by atoms with Crippen LogP contribution in [0.25, 0.3) is 0 Å². The van der Waals surface area contributed by atoms with Gasteiger partial charge in [0.1, 0.15) is 0 Å². The average Bonchev–Trinajstić information content (AvgIpc) is 2.42. The maximum atomic E-state index is 13.2. The zero-order chi connectivity index (χ0) is 16.2. The van der Waals surface area contributed by atoms with Crippen LogP contribution in [0.15, 0.2) is 23.4 Å². The molecule has 0 aromatic heterocycles. The molecule has 1 rings (SSSR count). The first kappa shape index (κ1) is 17.1. The summed E-state index contributed by atoms with van der Waals surface area (Å²) in [6, 6.07) is 3.90. The van der Waals surface area contributed by atoms with E-state index in [-0.39, 0.29) is 11.6 Å². The first-order chi connectivity index (χ1) is 9.72. The Morgan fingerprint density at radius 3 is 2.43 bits per heavy atom. The third-order valence-corrected chi connectivity index (χ3v) is 3.11. The van der Waals surface area contributed by atoms with Crippen LogP contribution in [0.5, 0.6) is 0 Å². The highest BCUT2D eigenvalue weighted by Crippen LogP contribution is 2.35. The molecule has 0 amide bonds. The van der Waals surface area contributed by atoms with Crippen LogP contribution in [0.3, 0.4) is 0 Å². The number of nitrogens with zero attached hydrogens (tertiary/aromatic N) is 2. The maximum absolute atomic E-state index is 13.2. The Morgan fingerprint density at radius 1 is 1.38 bits per heavy atom. The van der Waals surface area contributed by atoms with E-state index in [1.807, 2.05) is 25.7 Å². The van der Waals surface area contributed by atoms with E-state index in [1.165, 1.54) is 6.07 Å². The molecule has 7 heteroatoms. The van der Waals surface area contributed by atoms with Crippen LogP contribution in [0.4, 0.5) is 18.9 Å². The van der Waals surface area contributed by atoms with E-state index in [0.717, 1.165) is 12.5 Å². The highest BCUT2D eigenvalue weighted by molar-refractivity contribution is 5.99. The van der Waals surface area contributed by atoms with Gasteiger partial charge in [0.2, 0.25) is 0 Å². The Morgan fingerprint density at radius 2 is 2.00 bits per heavy atom. The molecule has 0 saturated heterocycles. The van der Waals surface area contributed by atoms with E-state index in [4.69, 9.17) is 10.9 Å². The van der Waals surface area contributed by atoms with Gasteiger partial charge in [0.25, 0.3) is 0 Å². The van der Waals surface area contributed by atoms with Gasteiger partial charge in [-0.25, -0.2) is 0 Å². The Kier molecular flexibility index (Phi) is 5.46. The average molecular weight is 303 g/mol. The summed E-state index contributed by atoms with van der Waals surface area (Å²) in [7, 11) is 0. The van der Waals surface area contributed by atoms with Gasteiger partial charge in [0, 0.05) is 23.8 Å². The van der Waals surface area contributed by atoms with Gasteiger partial charge in [-0.2, -0.15) is 13.2 Å².